The smallest absolute Gasteiger partial charge is 0.303 e. The summed E-state index contributed by atoms with van der Waals surface area (Å²) in [6.07, 6.45) is 7.71. The molecule has 1 saturated carbocycles. The molecule has 3 N–H and O–H groups in total. The third kappa shape index (κ3) is 5.63. The molecule has 0 spiro atoms. The number of rotatable bonds is 9. The van der Waals surface area contributed by atoms with E-state index in [9.17, 15) is 19.8 Å². The Morgan fingerprint density at radius 2 is 2.07 bits per heavy atom. The average molecular weight is 415 g/mol. The second kappa shape index (κ2) is 9.96. The minimum absolute atomic E-state index is 0.0266. The molecule has 1 fully saturated rings. The van der Waals surface area contributed by atoms with E-state index in [0.29, 0.717) is 19.3 Å². The summed E-state index contributed by atoms with van der Waals surface area (Å²) < 4.78 is 1.11. The van der Waals surface area contributed by atoms with Gasteiger partial charge >= 0.3 is 5.97 Å². The van der Waals surface area contributed by atoms with Crippen LogP contribution in [-0.2, 0) is 9.59 Å². The maximum Gasteiger partial charge on any atom is 0.303 e. The topological polar surface area (TPSA) is 94.8 Å². The van der Waals surface area contributed by atoms with E-state index in [0.717, 1.165) is 15.0 Å². The van der Waals surface area contributed by atoms with Gasteiger partial charge in [0.15, 0.2) is 0 Å². The second-order valence-electron chi connectivity index (χ2n) is 7.43. The first-order valence-corrected chi connectivity index (χ1v) is 10.7. The molecule has 1 aromatic carbocycles. The van der Waals surface area contributed by atoms with Crippen LogP contribution in [0.2, 0.25) is 0 Å². The van der Waals surface area contributed by atoms with Crippen molar-refractivity contribution in [2.75, 3.05) is 0 Å². The molecule has 5 nitrogen and oxygen atoms in total. The summed E-state index contributed by atoms with van der Waals surface area (Å²) >= 11 is 1.53. The lowest BCUT2D eigenvalue weighted by atomic mass is 9.90. The SMILES string of the molecule is O=C(O)CCC/C=C\C[C@H]1C(=O)C[C@@H](O)[C@@H]1/C=C/[C@@H](O)c1cc2ccccc2s1. The monoisotopic (exact) mass is 414 g/mol. The molecule has 4 atom stereocenters. The van der Waals surface area contributed by atoms with Gasteiger partial charge in [-0.2, -0.15) is 0 Å². The molecule has 1 heterocycles. The number of aliphatic hydroxyl groups is 2. The number of carbonyl (C=O) groups is 2. The molecule has 6 heteroatoms. The summed E-state index contributed by atoms with van der Waals surface area (Å²) in [6.45, 7) is 0. The number of Topliss-reactive ketones (excluding diaryl/α,β-unsaturated/α-hetero) is 1. The molecule has 1 aliphatic rings. The first-order valence-electron chi connectivity index (χ1n) is 9.88. The summed E-state index contributed by atoms with van der Waals surface area (Å²) in [5, 5.41) is 30.6. The van der Waals surface area contributed by atoms with Crippen molar-refractivity contribution in [2.24, 2.45) is 11.8 Å². The maximum atomic E-state index is 12.3. The van der Waals surface area contributed by atoms with E-state index in [1.165, 1.54) is 11.3 Å². The zero-order valence-corrected chi connectivity index (χ0v) is 16.9. The van der Waals surface area contributed by atoms with E-state index in [1.54, 1.807) is 12.2 Å². The number of allylic oxidation sites excluding steroid dienone is 2. The first-order chi connectivity index (χ1) is 14.0. The normalized spacial score (nSPS) is 23.5. The van der Waals surface area contributed by atoms with Crippen molar-refractivity contribution in [2.45, 2.75) is 44.3 Å². The first kappa shape index (κ1) is 21.4. The molecule has 0 aliphatic heterocycles. The standard InChI is InChI=1S/C23H26O5S/c24-18(22-13-15-7-5-6-9-21(15)29-22)12-11-17-16(19(25)14-20(17)26)8-3-1-2-4-10-23(27)28/h1,3,5-7,9,11-13,16-18,20,24,26H,2,4,8,10,14H2,(H,27,28)/b3-1-,12-11+/t16-,17-,18-,20-/m1/s1. The summed E-state index contributed by atoms with van der Waals surface area (Å²) in [7, 11) is 0. The zero-order chi connectivity index (χ0) is 20.8. The number of fused-ring (bicyclic) bond motifs is 1. The van der Waals surface area contributed by atoms with Crippen molar-refractivity contribution >= 4 is 33.2 Å². The number of hydrogen-bond acceptors (Lipinski definition) is 5. The van der Waals surface area contributed by atoms with Gasteiger partial charge in [-0.15, -0.1) is 11.3 Å². The van der Waals surface area contributed by atoms with Crippen LogP contribution in [0.4, 0.5) is 0 Å². The van der Waals surface area contributed by atoms with Gasteiger partial charge in [-0.05, 0) is 36.8 Å². The Morgan fingerprint density at radius 1 is 1.28 bits per heavy atom. The molecule has 29 heavy (non-hydrogen) atoms. The molecular formula is C23H26O5S. The number of benzene rings is 1. The van der Waals surface area contributed by atoms with Crippen LogP contribution in [0.3, 0.4) is 0 Å². The average Bonchev–Trinajstić information content (AvgIpc) is 3.23. The highest BCUT2D eigenvalue weighted by atomic mass is 32.1. The van der Waals surface area contributed by atoms with Gasteiger partial charge in [0.2, 0.25) is 0 Å². The lowest BCUT2D eigenvalue weighted by Crippen LogP contribution is -2.18. The van der Waals surface area contributed by atoms with E-state index in [1.807, 2.05) is 42.5 Å². The number of carbonyl (C=O) groups excluding carboxylic acids is 1. The van der Waals surface area contributed by atoms with Gasteiger partial charge in [0.25, 0.3) is 0 Å². The predicted octanol–water partition coefficient (Wildman–Crippen LogP) is 4.26. The van der Waals surface area contributed by atoms with Crippen LogP contribution >= 0.6 is 11.3 Å². The third-order valence-corrected chi connectivity index (χ3v) is 6.49. The van der Waals surface area contributed by atoms with Gasteiger partial charge in [-0.25, -0.2) is 0 Å². The Kier molecular flexibility index (Phi) is 7.36. The molecule has 0 saturated heterocycles. The molecular weight excluding hydrogens is 388 g/mol. The molecule has 2 aromatic rings. The fourth-order valence-corrected chi connectivity index (χ4v) is 4.77. The number of aliphatic carboxylic acids is 1. The third-order valence-electron chi connectivity index (χ3n) is 5.30. The number of unbranched alkanes of at least 4 members (excludes halogenated alkanes) is 1. The summed E-state index contributed by atoms with van der Waals surface area (Å²) in [6, 6.07) is 9.90. The highest BCUT2D eigenvalue weighted by molar-refractivity contribution is 7.19. The Hall–Kier alpha value is -2.28. The predicted molar refractivity (Wildman–Crippen MR) is 114 cm³/mol. The van der Waals surface area contributed by atoms with E-state index in [-0.39, 0.29) is 30.5 Å². The fraction of sp³-hybridized carbons (Fsp3) is 0.391. The molecule has 0 radical (unpaired) electrons. The van der Waals surface area contributed by atoms with Crippen LogP contribution in [0.25, 0.3) is 10.1 Å². The lowest BCUT2D eigenvalue weighted by molar-refractivity contribution is -0.137. The van der Waals surface area contributed by atoms with Gasteiger partial charge in [-0.1, -0.05) is 42.5 Å². The van der Waals surface area contributed by atoms with Crippen molar-refractivity contribution in [3.05, 3.63) is 59.5 Å². The van der Waals surface area contributed by atoms with Crippen LogP contribution in [0.1, 0.15) is 43.1 Å². The van der Waals surface area contributed by atoms with E-state index in [2.05, 4.69) is 0 Å². The van der Waals surface area contributed by atoms with Crippen LogP contribution in [0, 0.1) is 11.8 Å². The number of thiophene rings is 1. The van der Waals surface area contributed by atoms with Crippen molar-refractivity contribution in [3.63, 3.8) is 0 Å². The Balaban J connectivity index is 1.61. The minimum atomic E-state index is -0.810. The summed E-state index contributed by atoms with van der Waals surface area (Å²) in [4.78, 5) is 23.6. The van der Waals surface area contributed by atoms with Crippen molar-refractivity contribution in [1.82, 2.24) is 0 Å². The van der Waals surface area contributed by atoms with Crippen LogP contribution in [0.5, 0.6) is 0 Å². The molecule has 3 rings (SSSR count). The van der Waals surface area contributed by atoms with E-state index in [4.69, 9.17) is 5.11 Å². The number of carboxylic acid groups (broad SMARTS) is 1. The molecule has 0 unspecified atom stereocenters. The number of hydrogen-bond donors (Lipinski definition) is 3. The van der Waals surface area contributed by atoms with Gasteiger partial charge in [0.1, 0.15) is 11.9 Å². The Labute approximate surface area is 174 Å². The molecule has 0 amide bonds. The quantitative estimate of drug-likeness (QED) is 0.421. The number of carboxylic acids is 1. The van der Waals surface area contributed by atoms with Gasteiger partial charge in [-0.3, -0.25) is 9.59 Å². The van der Waals surface area contributed by atoms with Gasteiger partial charge < -0.3 is 15.3 Å². The van der Waals surface area contributed by atoms with Crippen molar-refractivity contribution in [1.29, 1.82) is 0 Å². The van der Waals surface area contributed by atoms with Crippen LogP contribution in [-0.4, -0.2) is 33.2 Å². The Bertz CT molecular complexity index is 880. The zero-order valence-electron chi connectivity index (χ0n) is 16.1. The fourth-order valence-electron chi connectivity index (χ4n) is 3.74. The van der Waals surface area contributed by atoms with Crippen molar-refractivity contribution in [3.8, 4) is 0 Å². The molecule has 1 aromatic heterocycles. The molecule has 1 aliphatic carbocycles. The largest absolute Gasteiger partial charge is 0.481 e. The van der Waals surface area contributed by atoms with Gasteiger partial charge in [0, 0.05) is 34.3 Å². The van der Waals surface area contributed by atoms with E-state index >= 15 is 0 Å². The van der Waals surface area contributed by atoms with Crippen molar-refractivity contribution < 1.29 is 24.9 Å². The van der Waals surface area contributed by atoms with Crippen LogP contribution < -0.4 is 0 Å². The highest BCUT2D eigenvalue weighted by Gasteiger charge is 2.39. The van der Waals surface area contributed by atoms with Crippen LogP contribution in [0.15, 0.2) is 54.6 Å². The number of aliphatic hydroxyl groups excluding tert-OH is 2. The second-order valence-corrected chi connectivity index (χ2v) is 8.55. The number of ketones is 1. The minimum Gasteiger partial charge on any atom is -0.481 e. The van der Waals surface area contributed by atoms with Gasteiger partial charge in [0.05, 0.1) is 6.10 Å². The highest BCUT2D eigenvalue weighted by Crippen LogP contribution is 2.35. The van der Waals surface area contributed by atoms with E-state index < -0.39 is 18.2 Å². The summed E-state index contributed by atoms with van der Waals surface area (Å²) in [5.41, 5.74) is 0. The lowest BCUT2D eigenvalue weighted by Gasteiger charge is -2.16. The molecule has 0 bridgehead atoms. The Morgan fingerprint density at radius 3 is 2.83 bits per heavy atom. The maximum absolute atomic E-state index is 12.3. The molecule has 154 valence electrons. The summed E-state index contributed by atoms with van der Waals surface area (Å²) in [5.74, 6) is -1.42.